The van der Waals surface area contributed by atoms with Crippen LogP contribution in [0.15, 0.2) is 36.4 Å². The fraction of sp³-hybridized carbons (Fsp3) is 0. The summed E-state index contributed by atoms with van der Waals surface area (Å²) in [6, 6.07) is 7.89. The van der Waals surface area contributed by atoms with Gasteiger partial charge in [0, 0.05) is 11.3 Å². The highest BCUT2D eigenvalue weighted by Gasteiger charge is 2.11. The van der Waals surface area contributed by atoms with Gasteiger partial charge in [-0.3, -0.25) is 4.79 Å². The highest BCUT2D eigenvalue weighted by molar-refractivity contribution is 6.33. The zero-order valence-corrected chi connectivity index (χ0v) is 11.3. The summed E-state index contributed by atoms with van der Waals surface area (Å²) in [7, 11) is 0. The lowest BCUT2D eigenvalue weighted by atomic mass is 10.1. The Labute approximate surface area is 124 Å². The maximum absolute atomic E-state index is 13.8. The van der Waals surface area contributed by atoms with Crippen LogP contribution in [0, 0.1) is 5.82 Å². The first-order valence-corrected chi connectivity index (χ1v) is 6.15. The van der Waals surface area contributed by atoms with Crippen molar-refractivity contribution in [2.45, 2.75) is 0 Å². The van der Waals surface area contributed by atoms with E-state index in [2.05, 4.69) is 5.32 Å². The summed E-state index contributed by atoms with van der Waals surface area (Å²) in [5.74, 6) is -2.61. The van der Waals surface area contributed by atoms with Crippen LogP contribution in [0.5, 0.6) is 0 Å². The number of nitrogens with one attached hydrogen (secondary N) is 1. The molecule has 21 heavy (non-hydrogen) atoms. The minimum atomic E-state index is -1.19. The largest absolute Gasteiger partial charge is 0.478 e. The molecule has 0 saturated heterocycles. The van der Waals surface area contributed by atoms with Gasteiger partial charge in [-0.2, -0.15) is 0 Å². The number of primary amides is 1. The van der Waals surface area contributed by atoms with Gasteiger partial charge >= 0.3 is 5.97 Å². The SMILES string of the molecule is NC(=O)c1ccc(Nc2ccc(Cl)c(C(=O)O)c2)c(F)c1. The van der Waals surface area contributed by atoms with Crippen LogP contribution < -0.4 is 11.1 Å². The summed E-state index contributed by atoms with van der Waals surface area (Å²) in [6.45, 7) is 0. The van der Waals surface area contributed by atoms with Gasteiger partial charge in [0.25, 0.3) is 0 Å². The molecule has 0 radical (unpaired) electrons. The summed E-state index contributed by atoms with van der Waals surface area (Å²) < 4.78 is 13.8. The van der Waals surface area contributed by atoms with Gasteiger partial charge in [0.1, 0.15) is 5.82 Å². The average Bonchev–Trinajstić information content (AvgIpc) is 2.42. The van der Waals surface area contributed by atoms with Crippen LogP contribution in [-0.4, -0.2) is 17.0 Å². The molecule has 2 aromatic carbocycles. The van der Waals surface area contributed by atoms with Gasteiger partial charge in [-0.15, -0.1) is 0 Å². The van der Waals surface area contributed by atoms with Gasteiger partial charge in [0.2, 0.25) is 5.91 Å². The summed E-state index contributed by atoms with van der Waals surface area (Å²) in [5, 5.41) is 11.8. The minimum absolute atomic E-state index is 0.0420. The number of rotatable bonds is 4. The summed E-state index contributed by atoms with van der Waals surface area (Å²) >= 11 is 5.75. The molecule has 108 valence electrons. The molecule has 4 N–H and O–H groups in total. The molecule has 0 heterocycles. The number of carbonyl (C=O) groups excluding carboxylic acids is 1. The van der Waals surface area contributed by atoms with E-state index in [0.29, 0.717) is 5.69 Å². The fourth-order valence-corrected chi connectivity index (χ4v) is 1.89. The molecule has 0 aliphatic heterocycles. The van der Waals surface area contributed by atoms with Crippen molar-refractivity contribution in [3.8, 4) is 0 Å². The quantitative estimate of drug-likeness (QED) is 0.809. The van der Waals surface area contributed by atoms with Crippen molar-refractivity contribution in [2.24, 2.45) is 5.73 Å². The van der Waals surface area contributed by atoms with E-state index in [9.17, 15) is 14.0 Å². The van der Waals surface area contributed by atoms with Crippen LogP contribution in [0.4, 0.5) is 15.8 Å². The lowest BCUT2D eigenvalue weighted by Gasteiger charge is -2.09. The fourth-order valence-electron chi connectivity index (χ4n) is 1.69. The number of benzene rings is 2. The van der Waals surface area contributed by atoms with Crippen LogP contribution in [0.1, 0.15) is 20.7 Å². The van der Waals surface area contributed by atoms with Crippen LogP contribution in [0.25, 0.3) is 0 Å². The summed E-state index contributed by atoms with van der Waals surface area (Å²) in [6.07, 6.45) is 0. The Balaban J connectivity index is 2.32. The molecular formula is C14H10ClFN2O3. The van der Waals surface area contributed by atoms with Crippen LogP contribution in [0.2, 0.25) is 5.02 Å². The van der Waals surface area contributed by atoms with Gasteiger partial charge < -0.3 is 16.2 Å². The molecule has 0 atom stereocenters. The number of halogens is 2. The summed E-state index contributed by atoms with van der Waals surface area (Å²) in [4.78, 5) is 21.9. The molecule has 0 spiro atoms. The highest BCUT2D eigenvalue weighted by Crippen LogP contribution is 2.25. The van der Waals surface area contributed by atoms with Gasteiger partial charge in [0.15, 0.2) is 0 Å². The van der Waals surface area contributed by atoms with Crippen molar-refractivity contribution < 1.29 is 19.1 Å². The Morgan fingerprint density at radius 3 is 2.48 bits per heavy atom. The molecular weight excluding hydrogens is 299 g/mol. The van der Waals surface area contributed by atoms with Gasteiger partial charge in [0.05, 0.1) is 16.3 Å². The van der Waals surface area contributed by atoms with Gasteiger partial charge in [-0.05, 0) is 36.4 Å². The Morgan fingerprint density at radius 1 is 1.19 bits per heavy atom. The Morgan fingerprint density at radius 2 is 1.90 bits per heavy atom. The van der Waals surface area contributed by atoms with Crippen molar-refractivity contribution in [1.29, 1.82) is 0 Å². The Bertz CT molecular complexity index is 734. The molecule has 7 heteroatoms. The third-order valence-corrected chi connectivity index (χ3v) is 3.06. The van der Waals surface area contributed by atoms with E-state index in [1.165, 1.54) is 30.3 Å². The normalized spacial score (nSPS) is 10.2. The second kappa shape index (κ2) is 5.80. The van der Waals surface area contributed by atoms with Crippen LogP contribution >= 0.6 is 11.6 Å². The van der Waals surface area contributed by atoms with E-state index in [1.807, 2.05) is 0 Å². The molecule has 0 fully saturated rings. The van der Waals surface area contributed by atoms with E-state index in [0.717, 1.165) is 6.07 Å². The standard InChI is InChI=1S/C14H10ClFN2O3/c15-10-3-2-8(6-9(10)14(20)21)18-12-4-1-7(13(17)19)5-11(12)16/h1-6,18H,(H2,17,19)(H,20,21). The van der Waals surface area contributed by atoms with Gasteiger partial charge in [-0.25, -0.2) is 9.18 Å². The first kappa shape index (κ1) is 14.8. The third-order valence-electron chi connectivity index (χ3n) is 2.73. The van der Waals surface area contributed by atoms with Gasteiger partial charge in [-0.1, -0.05) is 11.6 Å². The second-order valence-electron chi connectivity index (χ2n) is 4.18. The first-order chi connectivity index (χ1) is 9.88. The number of amides is 1. The monoisotopic (exact) mass is 308 g/mol. The van der Waals surface area contributed by atoms with Crippen molar-refractivity contribution in [3.63, 3.8) is 0 Å². The number of hydrogen-bond donors (Lipinski definition) is 3. The number of carbonyl (C=O) groups is 2. The molecule has 2 rings (SSSR count). The van der Waals surface area contributed by atoms with E-state index in [1.54, 1.807) is 0 Å². The first-order valence-electron chi connectivity index (χ1n) is 5.77. The predicted molar refractivity (Wildman–Crippen MR) is 76.6 cm³/mol. The molecule has 0 bridgehead atoms. The number of nitrogens with two attached hydrogens (primary N) is 1. The van der Waals surface area contributed by atoms with E-state index >= 15 is 0 Å². The highest BCUT2D eigenvalue weighted by atomic mass is 35.5. The topological polar surface area (TPSA) is 92.4 Å². The molecule has 0 aliphatic rings. The molecule has 0 saturated carbocycles. The smallest absolute Gasteiger partial charge is 0.337 e. The Hall–Kier alpha value is -2.60. The number of carboxylic acid groups (broad SMARTS) is 1. The molecule has 0 aromatic heterocycles. The number of carboxylic acids is 1. The van der Waals surface area contributed by atoms with E-state index < -0.39 is 17.7 Å². The molecule has 1 amide bonds. The average molecular weight is 309 g/mol. The van der Waals surface area contributed by atoms with Crippen LogP contribution in [0.3, 0.4) is 0 Å². The van der Waals surface area contributed by atoms with Crippen molar-refractivity contribution in [1.82, 2.24) is 0 Å². The summed E-state index contributed by atoms with van der Waals surface area (Å²) in [5.41, 5.74) is 5.42. The van der Waals surface area contributed by atoms with Crippen molar-refractivity contribution in [3.05, 3.63) is 58.4 Å². The lowest BCUT2D eigenvalue weighted by molar-refractivity contribution is 0.0697. The molecule has 0 aliphatic carbocycles. The second-order valence-corrected chi connectivity index (χ2v) is 4.59. The predicted octanol–water partition coefficient (Wildman–Crippen LogP) is 3.02. The lowest BCUT2D eigenvalue weighted by Crippen LogP contribution is -2.11. The van der Waals surface area contributed by atoms with E-state index in [4.69, 9.17) is 22.4 Å². The van der Waals surface area contributed by atoms with E-state index in [-0.39, 0.29) is 21.8 Å². The number of aromatic carboxylic acids is 1. The zero-order valence-electron chi connectivity index (χ0n) is 10.6. The number of anilines is 2. The Kier molecular flexibility index (Phi) is 4.09. The molecule has 5 nitrogen and oxygen atoms in total. The van der Waals surface area contributed by atoms with Crippen LogP contribution in [-0.2, 0) is 0 Å². The maximum atomic E-state index is 13.8. The zero-order chi connectivity index (χ0) is 15.6. The number of hydrogen-bond acceptors (Lipinski definition) is 3. The molecule has 0 unspecified atom stereocenters. The third kappa shape index (κ3) is 3.29. The van der Waals surface area contributed by atoms with Crippen molar-refractivity contribution >= 4 is 34.9 Å². The molecule has 2 aromatic rings. The maximum Gasteiger partial charge on any atom is 0.337 e. The van der Waals surface area contributed by atoms with Crippen molar-refractivity contribution in [2.75, 3.05) is 5.32 Å². The minimum Gasteiger partial charge on any atom is -0.478 e.